The second-order valence-corrected chi connectivity index (χ2v) is 3.73. The van der Waals surface area contributed by atoms with E-state index in [4.69, 9.17) is 5.26 Å². The highest BCUT2D eigenvalue weighted by Crippen LogP contribution is 1.95. The molecule has 0 atom stereocenters. The molecule has 0 aliphatic carbocycles. The third kappa shape index (κ3) is 4.49. The predicted molar refractivity (Wildman–Crippen MR) is 69.6 cm³/mol. The molecule has 0 spiro atoms. The Hall–Kier alpha value is -2.61. The van der Waals surface area contributed by atoms with Crippen LogP contribution in [0.5, 0.6) is 0 Å². The number of nitriles is 1. The molecule has 92 valence electrons. The minimum absolute atomic E-state index is 0.00483. The molecular formula is C13H14N4O. The summed E-state index contributed by atoms with van der Waals surface area (Å²) >= 11 is 0. The van der Waals surface area contributed by atoms with E-state index in [2.05, 4.69) is 10.5 Å². The third-order valence-electron chi connectivity index (χ3n) is 1.93. The van der Waals surface area contributed by atoms with Crippen LogP contribution in [-0.2, 0) is 4.79 Å². The van der Waals surface area contributed by atoms with Gasteiger partial charge >= 0.3 is 0 Å². The van der Waals surface area contributed by atoms with E-state index < -0.39 is 5.91 Å². The molecule has 1 rings (SSSR count). The van der Waals surface area contributed by atoms with Crippen molar-refractivity contribution in [3.05, 3.63) is 47.7 Å². The van der Waals surface area contributed by atoms with Gasteiger partial charge in [0.25, 0.3) is 5.91 Å². The fraction of sp³-hybridized carbons (Fsp3) is 0.154. The zero-order valence-electron chi connectivity index (χ0n) is 10.3. The topological polar surface area (TPSA) is 68.5 Å². The number of benzene rings is 1. The van der Waals surface area contributed by atoms with Gasteiger partial charge in [0.05, 0.1) is 6.21 Å². The van der Waals surface area contributed by atoms with Gasteiger partial charge < -0.3 is 4.90 Å². The van der Waals surface area contributed by atoms with Crippen molar-refractivity contribution in [2.24, 2.45) is 5.10 Å². The van der Waals surface area contributed by atoms with Gasteiger partial charge in [-0.15, -0.1) is 0 Å². The first-order valence-corrected chi connectivity index (χ1v) is 5.30. The van der Waals surface area contributed by atoms with Crippen LogP contribution < -0.4 is 5.43 Å². The summed E-state index contributed by atoms with van der Waals surface area (Å²) in [6, 6.07) is 11.2. The molecule has 18 heavy (non-hydrogen) atoms. The van der Waals surface area contributed by atoms with Crippen LogP contribution in [0.1, 0.15) is 5.56 Å². The summed E-state index contributed by atoms with van der Waals surface area (Å²) < 4.78 is 0. The number of amides is 1. The first-order valence-electron chi connectivity index (χ1n) is 5.30. The van der Waals surface area contributed by atoms with Crippen molar-refractivity contribution in [2.45, 2.75) is 0 Å². The first kappa shape index (κ1) is 13.5. The van der Waals surface area contributed by atoms with E-state index in [9.17, 15) is 4.79 Å². The van der Waals surface area contributed by atoms with Gasteiger partial charge in [-0.05, 0) is 5.56 Å². The van der Waals surface area contributed by atoms with E-state index in [1.165, 1.54) is 12.4 Å². The van der Waals surface area contributed by atoms with Crippen LogP contribution in [0.25, 0.3) is 0 Å². The Morgan fingerprint density at radius 1 is 1.39 bits per heavy atom. The molecular weight excluding hydrogens is 228 g/mol. The molecule has 0 aliphatic rings. The number of hydrogen-bond acceptors (Lipinski definition) is 4. The van der Waals surface area contributed by atoms with E-state index in [-0.39, 0.29) is 5.57 Å². The summed E-state index contributed by atoms with van der Waals surface area (Å²) in [5.74, 6) is -0.529. The van der Waals surface area contributed by atoms with Crippen molar-refractivity contribution in [3.63, 3.8) is 0 Å². The van der Waals surface area contributed by atoms with E-state index >= 15 is 0 Å². The van der Waals surface area contributed by atoms with Gasteiger partial charge in [0.1, 0.15) is 11.6 Å². The van der Waals surface area contributed by atoms with E-state index in [1.807, 2.05) is 36.4 Å². The molecule has 0 heterocycles. The van der Waals surface area contributed by atoms with Gasteiger partial charge in [0, 0.05) is 20.3 Å². The second-order valence-electron chi connectivity index (χ2n) is 3.73. The SMILES string of the molecule is CN(C)/C=C(\C#N)C(=O)NN=Cc1ccccc1. The summed E-state index contributed by atoms with van der Waals surface area (Å²) in [6.07, 6.45) is 2.95. The molecule has 0 fully saturated rings. The molecule has 1 N–H and O–H groups in total. The maximum absolute atomic E-state index is 11.6. The highest BCUT2D eigenvalue weighted by molar-refractivity contribution is 5.97. The lowest BCUT2D eigenvalue weighted by atomic mass is 10.2. The molecule has 0 bridgehead atoms. The quantitative estimate of drug-likeness (QED) is 0.372. The smallest absolute Gasteiger partial charge is 0.283 e. The zero-order valence-corrected chi connectivity index (χ0v) is 10.3. The summed E-state index contributed by atoms with van der Waals surface area (Å²) in [7, 11) is 3.47. The lowest BCUT2D eigenvalue weighted by Gasteiger charge is -2.05. The molecule has 5 heteroatoms. The minimum Gasteiger partial charge on any atom is -0.382 e. The average molecular weight is 242 g/mol. The summed E-state index contributed by atoms with van der Waals surface area (Å²) in [5.41, 5.74) is 3.17. The number of carbonyl (C=O) groups excluding carboxylic acids is 1. The summed E-state index contributed by atoms with van der Waals surface area (Å²) in [4.78, 5) is 13.2. The molecule has 1 amide bonds. The van der Waals surface area contributed by atoms with E-state index in [0.29, 0.717) is 0 Å². The van der Waals surface area contributed by atoms with Crippen molar-refractivity contribution in [1.29, 1.82) is 5.26 Å². The number of hydrazone groups is 1. The Kier molecular flexibility index (Phi) is 5.13. The molecule has 5 nitrogen and oxygen atoms in total. The van der Waals surface area contributed by atoms with Crippen LogP contribution in [0.2, 0.25) is 0 Å². The lowest BCUT2D eigenvalue weighted by molar-refractivity contribution is -0.117. The normalized spacial score (nSPS) is 11.1. The van der Waals surface area contributed by atoms with Gasteiger partial charge in [-0.3, -0.25) is 4.79 Å². The number of nitrogens with zero attached hydrogens (tertiary/aromatic N) is 3. The van der Waals surface area contributed by atoms with Crippen LogP contribution >= 0.6 is 0 Å². The van der Waals surface area contributed by atoms with Gasteiger partial charge in [0.15, 0.2) is 0 Å². The second kappa shape index (κ2) is 6.86. The number of nitrogens with one attached hydrogen (secondary N) is 1. The van der Waals surface area contributed by atoms with Crippen LogP contribution in [0, 0.1) is 11.3 Å². The van der Waals surface area contributed by atoms with Crippen molar-refractivity contribution in [1.82, 2.24) is 10.3 Å². The van der Waals surface area contributed by atoms with Gasteiger partial charge in [-0.2, -0.15) is 10.4 Å². The standard InChI is InChI=1S/C13H14N4O/c1-17(2)10-12(8-14)13(18)16-15-9-11-6-4-3-5-7-11/h3-7,9-10H,1-2H3,(H,16,18)/b12-10+,15-9?. The molecule has 0 radical (unpaired) electrons. The number of rotatable bonds is 4. The Morgan fingerprint density at radius 3 is 2.61 bits per heavy atom. The zero-order chi connectivity index (χ0) is 13.4. The van der Waals surface area contributed by atoms with Crippen LogP contribution in [0.15, 0.2) is 47.2 Å². The molecule has 0 aromatic heterocycles. The molecule has 1 aromatic rings. The summed E-state index contributed by atoms with van der Waals surface area (Å²) in [6.45, 7) is 0. The Bertz CT molecular complexity index is 497. The molecule has 0 aliphatic heterocycles. The Morgan fingerprint density at radius 2 is 2.06 bits per heavy atom. The van der Waals surface area contributed by atoms with Crippen molar-refractivity contribution < 1.29 is 4.79 Å². The lowest BCUT2D eigenvalue weighted by Crippen LogP contribution is -2.20. The first-order chi connectivity index (χ1) is 8.63. The van der Waals surface area contributed by atoms with Crippen molar-refractivity contribution >= 4 is 12.1 Å². The van der Waals surface area contributed by atoms with Gasteiger partial charge in [-0.25, -0.2) is 5.43 Å². The maximum atomic E-state index is 11.6. The highest BCUT2D eigenvalue weighted by Gasteiger charge is 2.07. The van der Waals surface area contributed by atoms with Crippen LogP contribution in [-0.4, -0.2) is 31.1 Å². The number of hydrogen-bond donors (Lipinski definition) is 1. The van der Waals surface area contributed by atoms with Crippen molar-refractivity contribution in [3.8, 4) is 6.07 Å². The fourth-order valence-electron chi connectivity index (χ4n) is 1.16. The third-order valence-corrected chi connectivity index (χ3v) is 1.93. The van der Waals surface area contributed by atoms with Gasteiger partial charge in [-0.1, -0.05) is 30.3 Å². The number of carbonyl (C=O) groups is 1. The maximum Gasteiger partial charge on any atom is 0.283 e. The van der Waals surface area contributed by atoms with E-state index in [0.717, 1.165) is 5.56 Å². The molecule has 0 unspecified atom stereocenters. The Balaban J connectivity index is 2.61. The van der Waals surface area contributed by atoms with E-state index in [1.54, 1.807) is 19.0 Å². The molecule has 1 aromatic carbocycles. The monoisotopic (exact) mass is 242 g/mol. The van der Waals surface area contributed by atoms with Crippen LogP contribution in [0.3, 0.4) is 0 Å². The summed E-state index contributed by atoms with van der Waals surface area (Å²) in [5, 5.41) is 12.6. The largest absolute Gasteiger partial charge is 0.382 e. The van der Waals surface area contributed by atoms with Gasteiger partial charge in [0.2, 0.25) is 0 Å². The van der Waals surface area contributed by atoms with Crippen LogP contribution in [0.4, 0.5) is 0 Å². The molecule has 0 saturated carbocycles. The average Bonchev–Trinajstić information content (AvgIpc) is 2.36. The molecule has 0 saturated heterocycles. The fourth-order valence-corrected chi connectivity index (χ4v) is 1.16. The highest BCUT2D eigenvalue weighted by atomic mass is 16.2. The minimum atomic E-state index is -0.529. The van der Waals surface area contributed by atoms with Crippen molar-refractivity contribution in [2.75, 3.05) is 14.1 Å². The predicted octanol–water partition coefficient (Wildman–Crippen LogP) is 1.11. The Labute approximate surface area is 106 Å².